The highest BCUT2D eigenvalue weighted by Crippen LogP contribution is 2.36. The van der Waals surface area contributed by atoms with Crippen molar-refractivity contribution in [3.8, 4) is 11.5 Å². The van der Waals surface area contributed by atoms with Crippen LogP contribution < -0.4 is 20.1 Å². The van der Waals surface area contributed by atoms with E-state index in [9.17, 15) is 9.90 Å². The molecular formula is C22H35N3O5. The summed E-state index contributed by atoms with van der Waals surface area (Å²) in [5, 5.41) is 16.6. The van der Waals surface area contributed by atoms with Crippen LogP contribution in [-0.4, -0.2) is 82.2 Å². The number of carbonyl (C=O) groups is 1. The van der Waals surface area contributed by atoms with Crippen LogP contribution in [0.2, 0.25) is 0 Å². The zero-order valence-corrected chi connectivity index (χ0v) is 18.1. The fraction of sp³-hybridized carbons (Fsp3) is 0.682. The lowest BCUT2D eigenvalue weighted by Gasteiger charge is -2.36. The predicted molar refractivity (Wildman–Crippen MR) is 116 cm³/mol. The molecule has 1 aromatic rings. The first-order valence-electron chi connectivity index (χ1n) is 10.9. The number of unbranched alkanes of at least 4 members (excludes halogenated alkanes) is 1. The van der Waals surface area contributed by atoms with Gasteiger partial charge in [0.05, 0.1) is 24.9 Å². The lowest BCUT2D eigenvalue weighted by Crippen LogP contribution is -2.47. The molecule has 30 heavy (non-hydrogen) atoms. The van der Waals surface area contributed by atoms with E-state index in [4.69, 9.17) is 14.2 Å². The van der Waals surface area contributed by atoms with Crippen molar-refractivity contribution < 1.29 is 24.1 Å². The van der Waals surface area contributed by atoms with Crippen molar-refractivity contribution in [2.24, 2.45) is 5.92 Å². The first-order chi connectivity index (χ1) is 14.6. The third kappa shape index (κ3) is 6.00. The average molecular weight is 422 g/mol. The van der Waals surface area contributed by atoms with Crippen LogP contribution in [0.5, 0.6) is 11.5 Å². The number of nitrogens with zero attached hydrogens (tertiary/aromatic N) is 1. The minimum Gasteiger partial charge on any atom is -0.489 e. The number of piperidine rings is 1. The topological polar surface area (TPSA) is 92.3 Å². The van der Waals surface area contributed by atoms with Gasteiger partial charge in [-0.1, -0.05) is 0 Å². The lowest BCUT2D eigenvalue weighted by molar-refractivity contribution is 0.0209. The Balaban J connectivity index is 1.55. The second-order valence-electron chi connectivity index (χ2n) is 7.98. The second-order valence-corrected chi connectivity index (χ2v) is 7.98. The van der Waals surface area contributed by atoms with Gasteiger partial charge in [-0.2, -0.15) is 0 Å². The molecule has 0 aromatic heterocycles. The highest BCUT2D eigenvalue weighted by Gasteiger charge is 2.28. The summed E-state index contributed by atoms with van der Waals surface area (Å²) in [5.74, 6) is 0.928. The molecule has 1 unspecified atom stereocenters. The molecule has 8 heteroatoms. The minimum atomic E-state index is -0.443. The fourth-order valence-corrected chi connectivity index (χ4v) is 3.97. The number of benzene rings is 1. The van der Waals surface area contributed by atoms with Crippen LogP contribution in [0, 0.1) is 5.92 Å². The maximum absolute atomic E-state index is 12.9. The molecule has 0 spiro atoms. The summed E-state index contributed by atoms with van der Waals surface area (Å²) >= 11 is 0. The minimum absolute atomic E-state index is 0.0485. The van der Waals surface area contributed by atoms with Crippen LogP contribution in [0.15, 0.2) is 12.1 Å². The molecule has 0 radical (unpaired) electrons. The van der Waals surface area contributed by atoms with Crippen molar-refractivity contribution in [2.75, 3.05) is 65.5 Å². The summed E-state index contributed by atoms with van der Waals surface area (Å²) in [4.78, 5) is 15.2. The summed E-state index contributed by atoms with van der Waals surface area (Å²) in [6.07, 6.45) is 3.30. The number of β-amino-alcohol motifs (C(OH)–C–C–N with tert-alkyl or cyclic N) is 1. The van der Waals surface area contributed by atoms with Gasteiger partial charge in [-0.05, 0) is 38.4 Å². The van der Waals surface area contributed by atoms with Gasteiger partial charge in [0, 0.05) is 57.9 Å². The quantitative estimate of drug-likeness (QED) is 0.523. The molecule has 1 fully saturated rings. The number of amides is 1. The van der Waals surface area contributed by atoms with Crippen molar-refractivity contribution in [3.63, 3.8) is 0 Å². The summed E-state index contributed by atoms with van der Waals surface area (Å²) in [6, 6.07) is 3.63. The van der Waals surface area contributed by atoms with E-state index in [0.717, 1.165) is 51.1 Å². The van der Waals surface area contributed by atoms with Gasteiger partial charge in [0.1, 0.15) is 0 Å². The predicted octanol–water partition coefficient (Wildman–Crippen LogP) is 1.73. The van der Waals surface area contributed by atoms with Crippen molar-refractivity contribution in [1.29, 1.82) is 0 Å². The highest BCUT2D eigenvalue weighted by atomic mass is 16.5. The van der Waals surface area contributed by atoms with Crippen molar-refractivity contribution in [2.45, 2.75) is 31.8 Å². The van der Waals surface area contributed by atoms with Gasteiger partial charge in [0.25, 0.3) is 5.91 Å². The van der Waals surface area contributed by atoms with Crippen molar-refractivity contribution in [1.82, 2.24) is 10.2 Å². The van der Waals surface area contributed by atoms with E-state index in [-0.39, 0.29) is 11.8 Å². The standard InChI is InChI=1S/C22H35N3O5/c1-23-17-12-18(21-20(13-17)29-10-5-11-30-21)22(27)24-14-16-6-8-25(15-19(16)26)7-3-4-9-28-2/h12-13,16,19,23,26H,3-11,14-15H2,1-2H3,(H,24,27)/t16-,19?/m0/s1. The Labute approximate surface area is 178 Å². The van der Waals surface area contributed by atoms with E-state index in [2.05, 4.69) is 15.5 Å². The molecule has 1 amide bonds. The Hall–Kier alpha value is -2.03. The Morgan fingerprint density at radius 2 is 2.13 bits per heavy atom. The number of aliphatic hydroxyl groups excluding tert-OH is 1. The molecule has 0 bridgehead atoms. The number of fused-ring (bicyclic) bond motifs is 1. The number of aliphatic hydroxyl groups is 1. The van der Waals surface area contributed by atoms with Crippen molar-refractivity contribution >= 4 is 11.6 Å². The van der Waals surface area contributed by atoms with Gasteiger partial charge in [-0.15, -0.1) is 0 Å². The molecular weight excluding hydrogens is 386 g/mol. The Kier molecular flexibility index (Phi) is 8.60. The number of methoxy groups -OCH3 is 1. The van der Waals surface area contributed by atoms with Crippen LogP contribution in [0.1, 0.15) is 36.0 Å². The number of ether oxygens (including phenoxy) is 3. The number of hydrogen-bond acceptors (Lipinski definition) is 7. The molecule has 3 rings (SSSR count). The zero-order valence-electron chi connectivity index (χ0n) is 18.1. The SMILES string of the molecule is CNc1cc2c(c(C(=O)NC[C@@H]3CCN(CCCCOC)CC3O)c1)OCCCO2. The lowest BCUT2D eigenvalue weighted by atomic mass is 9.93. The largest absolute Gasteiger partial charge is 0.489 e. The van der Waals surface area contributed by atoms with Gasteiger partial charge in [-0.3, -0.25) is 4.79 Å². The summed E-state index contributed by atoms with van der Waals surface area (Å²) in [6.45, 7) is 4.86. The maximum atomic E-state index is 12.9. The molecule has 2 aliphatic rings. The Bertz CT molecular complexity index is 700. The highest BCUT2D eigenvalue weighted by molar-refractivity contribution is 5.99. The third-order valence-electron chi connectivity index (χ3n) is 5.78. The summed E-state index contributed by atoms with van der Waals surface area (Å²) < 4.78 is 16.6. The van der Waals surface area contributed by atoms with Crippen LogP contribution in [0.25, 0.3) is 0 Å². The molecule has 168 valence electrons. The Morgan fingerprint density at radius 1 is 1.30 bits per heavy atom. The van der Waals surface area contributed by atoms with E-state index in [0.29, 0.717) is 43.4 Å². The number of hydrogen-bond donors (Lipinski definition) is 3. The van der Waals surface area contributed by atoms with Gasteiger partial charge in [0.15, 0.2) is 11.5 Å². The van der Waals surface area contributed by atoms with Crippen LogP contribution in [0.4, 0.5) is 5.69 Å². The maximum Gasteiger partial charge on any atom is 0.255 e. The first-order valence-corrected chi connectivity index (χ1v) is 10.9. The van der Waals surface area contributed by atoms with E-state index >= 15 is 0 Å². The number of carbonyl (C=O) groups excluding carboxylic acids is 1. The first kappa shape index (κ1) is 22.7. The molecule has 1 aromatic carbocycles. The monoisotopic (exact) mass is 421 g/mol. The number of anilines is 1. The van der Waals surface area contributed by atoms with Crippen molar-refractivity contribution in [3.05, 3.63) is 17.7 Å². The normalized spacial score (nSPS) is 21.7. The average Bonchev–Trinajstić information content (AvgIpc) is 3.00. The molecule has 2 atom stereocenters. The Morgan fingerprint density at radius 3 is 2.90 bits per heavy atom. The number of nitrogens with one attached hydrogen (secondary N) is 2. The van der Waals surface area contributed by atoms with Gasteiger partial charge < -0.3 is 34.9 Å². The molecule has 0 aliphatic carbocycles. The van der Waals surface area contributed by atoms with E-state index in [1.165, 1.54) is 0 Å². The van der Waals surface area contributed by atoms with Gasteiger partial charge >= 0.3 is 0 Å². The number of rotatable bonds is 9. The van der Waals surface area contributed by atoms with E-state index < -0.39 is 6.10 Å². The van der Waals surface area contributed by atoms with Crippen LogP contribution >= 0.6 is 0 Å². The van der Waals surface area contributed by atoms with Gasteiger partial charge in [0.2, 0.25) is 0 Å². The summed E-state index contributed by atoms with van der Waals surface area (Å²) in [5.41, 5.74) is 1.26. The molecule has 1 saturated heterocycles. The molecule has 3 N–H and O–H groups in total. The smallest absolute Gasteiger partial charge is 0.255 e. The molecule has 0 saturated carbocycles. The van der Waals surface area contributed by atoms with Crippen LogP contribution in [-0.2, 0) is 4.74 Å². The van der Waals surface area contributed by atoms with E-state index in [1.54, 1.807) is 20.2 Å². The number of likely N-dealkylation sites (tertiary alicyclic amines) is 1. The second kappa shape index (κ2) is 11.4. The van der Waals surface area contributed by atoms with Gasteiger partial charge in [-0.25, -0.2) is 0 Å². The zero-order chi connectivity index (χ0) is 21.3. The van der Waals surface area contributed by atoms with E-state index in [1.807, 2.05) is 6.07 Å². The van der Waals surface area contributed by atoms with Crippen LogP contribution in [0.3, 0.4) is 0 Å². The summed E-state index contributed by atoms with van der Waals surface area (Å²) in [7, 11) is 3.52. The molecule has 2 heterocycles. The molecule has 2 aliphatic heterocycles. The fourth-order valence-electron chi connectivity index (χ4n) is 3.97. The third-order valence-corrected chi connectivity index (χ3v) is 5.78. The molecule has 8 nitrogen and oxygen atoms in total.